The third-order valence-electron chi connectivity index (χ3n) is 6.15. The number of nitrogens with one attached hydrogen (secondary N) is 1. The summed E-state index contributed by atoms with van der Waals surface area (Å²) in [6.07, 6.45) is 6.28. The number of piperazine rings is 1. The van der Waals surface area contributed by atoms with E-state index in [-0.39, 0.29) is 11.9 Å². The van der Waals surface area contributed by atoms with Crippen LogP contribution in [0.3, 0.4) is 0 Å². The summed E-state index contributed by atoms with van der Waals surface area (Å²) in [5.41, 5.74) is 1.04. The van der Waals surface area contributed by atoms with Crippen molar-refractivity contribution in [3.05, 3.63) is 29.8 Å². The van der Waals surface area contributed by atoms with Crippen LogP contribution in [-0.4, -0.2) is 62.3 Å². The molecule has 7 heteroatoms. The van der Waals surface area contributed by atoms with E-state index in [9.17, 15) is 13.2 Å². The van der Waals surface area contributed by atoms with Gasteiger partial charge in [0.05, 0.1) is 10.9 Å². The van der Waals surface area contributed by atoms with Gasteiger partial charge < -0.3 is 5.32 Å². The Morgan fingerprint density at radius 1 is 1.07 bits per heavy atom. The first-order chi connectivity index (χ1) is 13.4. The maximum Gasteiger partial charge on any atom is 0.243 e. The summed E-state index contributed by atoms with van der Waals surface area (Å²) in [5, 5.41) is 3.11. The Bertz CT molecular complexity index is 750. The monoisotopic (exact) mass is 407 g/mol. The lowest BCUT2D eigenvalue weighted by Gasteiger charge is -2.37. The molecule has 1 aliphatic heterocycles. The van der Waals surface area contributed by atoms with E-state index in [1.54, 1.807) is 12.1 Å². The van der Waals surface area contributed by atoms with Gasteiger partial charge in [-0.3, -0.25) is 9.69 Å². The molecule has 1 aromatic carbocycles. The molecule has 28 heavy (non-hydrogen) atoms. The molecule has 2 aliphatic rings. The fraction of sp³-hybridized carbons (Fsp3) is 0.667. The Hall–Kier alpha value is -1.44. The molecule has 6 nitrogen and oxygen atoms in total. The number of hydrogen-bond donors (Lipinski definition) is 1. The zero-order valence-electron chi connectivity index (χ0n) is 17.1. The third kappa shape index (κ3) is 5.13. The highest BCUT2D eigenvalue weighted by Crippen LogP contribution is 2.23. The van der Waals surface area contributed by atoms with E-state index >= 15 is 0 Å². The molecular weight excluding hydrogens is 374 g/mol. The van der Waals surface area contributed by atoms with Crippen molar-refractivity contribution in [3.8, 4) is 0 Å². The molecule has 1 aliphatic carbocycles. The lowest BCUT2D eigenvalue weighted by Crippen LogP contribution is -2.55. The summed E-state index contributed by atoms with van der Waals surface area (Å²) in [4.78, 5) is 15.0. The van der Waals surface area contributed by atoms with Gasteiger partial charge in [0.1, 0.15) is 0 Å². The Morgan fingerprint density at radius 2 is 1.68 bits per heavy atom. The lowest BCUT2D eigenvalue weighted by atomic mass is 9.89. The highest BCUT2D eigenvalue weighted by molar-refractivity contribution is 7.89. The molecule has 1 heterocycles. The third-order valence-corrected chi connectivity index (χ3v) is 8.06. The molecule has 1 amide bonds. The molecule has 1 atom stereocenters. The minimum absolute atomic E-state index is 0.0559. The van der Waals surface area contributed by atoms with Crippen molar-refractivity contribution in [3.63, 3.8) is 0 Å². The molecule has 1 aromatic rings. The lowest BCUT2D eigenvalue weighted by molar-refractivity contribution is -0.126. The van der Waals surface area contributed by atoms with Crippen molar-refractivity contribution in [1.29, 1.82) is 0 Å². The first-order valence-electron chi connectivity index (χ1n) is 10.5. The van der Waals surface area contributed by atoms with Crippen LogP contribution >= 0.6 is 0 Å². The van der Waals surface area contributed by atoms with E-state index in [1.165, 1.54) is 36.4 Å². The van der Waals surface area contributed by atoms with Gasteiger partial charge in [0.2, 0.25) is 15.9 Å². The fourth-order valence-corrected chi connectivity index (χ4v) is 5.56. The Balaban J connectivity index is 1.49. The second-order valence-electron chi connectivity index (χ2n) is 8.18. The predicted octanol–water partition coefficient (Wildman–Crippen LogP) is 2.39. The molecule has 0 radical (unpaired) electrons. The van der Waals surface area contributed by atoms with Crippen molar-refractivity contribution in [1.82, 2.24) is 14.5 Å². The molecule has 1 saturated heterocycles. The zero-order valence-corrected chi connectivity index (χ0v) is 17.9. The predicted molar refractivity (Wildman–Crippen MR) is 111 cm³/mol. The van der Waals surface area contributed by atoms with Gasteiger partial charge in [0, 0.05) is 32.7 Å². The topological polar surface area (TPSA) is 69.7 Å². The first kappa shape index (κ1) is 21.3. The molecule has 156 valence electrons. The van der Waals surface area contributed by atoms with Crippen molar-refractivity contribution >= 4 is 15.9 Å². The number of nitrogens with zero attached hydrogens (tertiary/aromatic N) is 2. The van der Waals surface area contributed by atoms with Gasteiger partial charge in [-0.2, -0.15) is 4.31 Å². The summed E-state index contributed by atoms with van der Waals surface area (Å²) in [7, 11) is -3.47. The van der Waals surface area contributed by atoms with Crippen molar-refractivity contribution in [2.45, 2.75) is 56.9 Å². The number of carbonyl (C=O) groups excluding carboxylic acids is 1. The summed E-state index contributed by atoms with van der Waals surface area (Å²) in [6.45, 7) is 6.60. The van der Waals surface area contributed by atoms with Gasteiger partial charge in [-0.05, 0) is 44.7 Å². The quantitative estimate of drug-likeness (QED) is 0.786. The van der Waals surface area contributed by atoms with Crippen LogP contribution in [-0.2, 0) is 14.8 Å². The van der Waals surface area contributed by atoms with E-state index in [4.69, 9.17) is 0 Å². The summed E-state index contributed by atoms with van der Waals surface area (Å²) >= 11 is 0. The van der Waals surface area contributed by atoms with E-state index in [0.29, 0.717) is 37.0 Å². The molecule has 1 saturated carbocycles. The highest BCUT2D eigenvalue weighted by atomic mass is 32.2. The fourth-order valence-electron chi connectivity index (χ4n) is 4.14. The summed E-state index contributed by atoms with van der Waals surface area (Å²) < 4.78 is 27.2. The Kier molecular flexibility index (Phi) is 7.12. The zero-order chi connectivity index (χ0) is 20.1. The van der Waals surface area contributed by atoms with Crippen LogP contribution in [0.5, 0.6) is 0 Å². The van der Waals surface area contributed by atoms with E-state index in [1.807, 2.05) is 26.0 Å². The number of amides is 1. The first-order valence-corrected chi connectivity index (χ1v) is 11.9. The smallest absolute Gasteiger partial charge is 0.243 e. The Morgan fingerprint density at radius 3 is 2.29 bits per heavy atom. The molecule has 1 unspecified atom stereocenters. The highest BCUT2D eigenvalue weighted by Gasteiger charge is 2.31. The normalized spacial score (nSPS) is 21.4. The largest absolute Gasteiger partial charge is 0.354 e. The van der Waals surface area contributed by atoms with Crippen LogP contribution < -0.4 is 5.32 Å². The standard InChI is InChI=1S/C21H33N3O3S/c1-17-8-10-20(11-9-17)28(26,27)24-14-12-23(13-15-24)18(2)21(25)22-16-19-6-4-3-5-7-19/h8-11,18-19H,3-7,12-16H2,1-2H3,(H,22,25). The number of sulfonamides is 1. The average Bonchev–Trinajstić information content (AvgIpc) is 2.72. The number of aryl methyl sites for hydroxylation is 1. The van der Waals surface area contributed by atoms with Gasteiger partial charge >= 0.3 is 0 Å². The molecule has 1 N–H and O–H groups in total. The SMILES string of the molecule is Cc1ccc(S(=O)(=O)N2CCN(C(C)C(=O)NCC3CCCCC3)CC2)cc1. The van der Waals surface area contributed by atoms with Crippen LogP contribution in [0.2, 0.25) is 0 Å². The van der Waals surface area contributed by atoms with E-state index in [2.05, 4.69) is 10.2 Å². The summed E-state index contributed by atoms with van der Waals surface area (Å²) in [6, 6.07) is 6.74. The number of rotatable bonds is 6. The molecule has 3 rings (SSSR count). The second-order valence-corrected chi connectivity index (χ2v) is 10.1. The van der Waals surface area contributed by atoms with Crippen LogP contribution in [0, 0.1) is 12.8 Å². The van der Waals surface area contributed by atoms with Crippen molar-refractivity contribution in [2.75, 3.05) is 32.7 Å². The minimum atomic E-state index is -3.47. The maximum absolute atomic E-state index is 12.8. The molecule has 0 aromatic heterocycles. The summed E-state index contributed by atoms with van der Waals surface area (Å²) in [5.74, 6) is 0.668. The molecule has 0 spiro atoms. The van der Waals surface area contributed by atoms with Crippen molar-refractivity contribution < 1.29 is 13.2 Å². The molecular formula is C21H33N3O3S. The maximum atomic E-state index is 12.8. The van der Waals surface area contributed by atoms with Gasteiger partial charge in [0.25, 0.3) is 0 Å². The van der Waals surface area contributed by atoms with E-state index < -0.39 is 10.0 Å². The second kappa shape index (κ2) is 9.37. The van der Waals surface area contributed by atoms with Gasteiger partial charge in [0.15, 0.2) is 0 Å². The van der Waals surface area contributed by atoms with Crippen LogP contribution in [0.4, 0.5) is 0 Å². The minimum Gasteiger partial charge on any atom is -0.354 e. The molecule has 2 fully saturated rings. The van der Waals surface area contributed by atoms with Crippen LogP contribution in [0.1, 0.15) is 44.6 Å². The van der Waals surface area contributed by atoms with E-state index in [0.717, 1.165) is 12.1 Å². The van der Waals surface area contributed by atoms with Gasteiger partial charge in [-0.15, -0.1) is 0 Å². The number of hydrogen-bond acceptors (Lipinski definition) is 4. The van der Waals surface area contributed by atoms with Gasteiger partial charge in [-0.25, -0.2) is 8.42 Å². The molecule has 0 bridgehead atoms. The van der Waals surface area contributed by atoms with Crippen LogP contribution in [0.25, 0.3) is 0 Å². The number of carbonyl (C=O) groups is 1. The Labute approximate surface area is 169 Å². The average molecular weight is 408 g/mol. The van der Waals surface area contributed by atoms with Crippen molar-refractivity contribution in [2.24, 2.45) is 5.92 Å². The van der Waals surface area contributed by atoms with Gasteiger partial charge in [-0.1, -0.05) is 37.0 Å². The van der Waals surface area contributed by atoms with Crippen LogP contribution in [0.15, 0.2) is 29.2 Å². The number of benzene rings is 1.